The van der Waals surface area contributed by atoms with Crippen LogP contribution >= 0.6 is 0 Å². The van der Waals surface area contributed by atoms with Crippen molar-refractivity contribution < 1.29 is 19.5 Å². The van der Waals surface area contributed by atoms with E-state index in [-0.39, 0.29) is 30.8 Å². The molecule has 0 aliphatic carbocycles. The van der Waals surface area contributed by atoms with E-state index in [1.54, 1.807) is 20.8 Å². The Morgan fingerprint density at radius 3 is 2.38 bits per heavy atom. The van der Waals surface area contributed by atoms with Gasteiger partial charge in [-0.1, -0.05) is 13.8 Å². The number of likely N-dealkylation sites (tertiary alicyclic amines) is 1. The van der Waals surface area contributed by atoms with Crippen LogP contribution in [0.2, 0.25) is 0 Å². The minimum atomic E-state index is -1.05. The molecule has 6 nitrogen and oxygen atoms in total. The SMILES string of the molecule is CC(C)NC(C)(CCCN1C(=O)CC(C)(C)C1=O)C(=O)O. The molecule has 120 valence electrons. The summed E-state index contributed by atoms with van der Waals surface area (Å²) in [6, 6.07) is 0.0417. The quantitative estimate of drug-likeness (QED) is 0.694. The van der Waals surface area contributed by atoms with Gasteiger partial charge in [0.05, 0.1) is 5.41 Å². The van der Waals surface area contributed by atoms with Gasteiger partial charge in [0.1, 0.15) is 5.54 Å². The smallest absolute Gasteiger partial charge is 0.323 e. The summed E-state index contributed by atoms with van der Waals surface area (Å²) in [6.45, 7) is 9.20. The number of amides is 2. The van der Waals surface area contributed by atoms with Crippen molar-refractivity contribution in [2.45, 2.75) is 65.5 Å². The fourth-order valence-electron chi connectivity index (χ4n) is 2.72. The monoisotopic (exact) mass is 298 g/mol. The van der Waals surface area contributed by atoms with Crippen LogP contribution in [0.4, 0.5) is 0 Å². The zero-order valence-electron chi connectivity index (χ0n) is 13.5. The summed E-state index contributed by atoms with van der Waals surface area (Å²) < 4.78 is 0. The topological polar surface area (TPSA) is 86.7 Å². The van der Waals surface area contributed by atoms with E-state index >= 15 is 0 Å². The van der Waals surface area contributed by atoms with Gasteiger partial charge in [-0.3, -0.25) is 24.6 Å². The Balaban J connectivity index is 2.61. The average Bonchev–Trinajstić information content (AvgIpc) is 2.49. The molecule has 1 heterocycles. The number of carboxylic acid groups (broad SMARTS) is 1. The van der Waals surface area contributed by atoms with E-state index in [2.05, 4.69) is 5.32 Å². The van der Waals surface area contributed by atoms with Gasteiger partial charge in [-0.2, -0.15) is 0 Å². The van der Waals surface area contributed by atoms with Crippen LogP contribution in [-0.2, 0) is 14.4 Å². The van der Waals surface area contributed by atoms with Gasteiger partial charge in [0.25, 0.3) is 0 Å². The van der Waals surface area contributed by atoms with Gasteiger partial charge < -0.3 is 5.11 Å². The highest BCUT2D eigenvalue weighted by molar-refractivity contribution is 6.05. The number of carbonyl (C=O) groups is 3. The van der Waals surface area contributed by atoms with Crippen LogP contribution < -0.4 is 5.32 Å². The first-order valence-electron chi connectivity index (χ1n) is 7.35. The second-order valence-corrected chi connectivity index (χ2v) is 6.95. The molecule has 2 N–H and O–H groups in total. The summed E-state index contributed by atoms with van der Waals surface area (Å²) in [4.78, 5) is 36.6. The summed E-state index contributed by atoms with van der Waals surface area (Å²) in [5.41, 5.74) is -1.68. The third kappa shape index (κ3) is 4.03. The number of aliphatic carboxylic acids is 1. The van der Waals surface area contributed by atoms with Crippen LogP contribution in [0, 0.1) is 5.41 Å². The van der Waals surface area contributed by atoms with Crippen LogP contribution in [0.5, 0.6) is 0 Å². The number of rotatable bonds is 7. The second kappa shape index (κ2) is 6.13. The molecule has 0 radical (unpaired) electrons. The van der Waals surface area contributed by atoms with Crippen molar-refractivity contribution in [3.8, 4) is 0 Å². The molecule has 1 unspecified atom stereocenters. The van der Waals surface area contributed by atoms with Crippen LogP contribution in [-0.4, -0.2) is 45.9 Å². The predicted molar refractivity (Wildman–Crippen MR) is 78.7 cm³/mol. The van der Waals surface area contributed by atoms with E-state index in [1.165, 1.54) is 4.90 Å². The average molecular weight is 298 g/mol. The Hall–Kier alpha value is -1.43. The molecule has 1 atom stereocenters. The zero-order chi connectivity index (χ0) is 16.4. The maximum atomic E-state index is 12.1. The highest BCUT2D eigenvalue weighted by Gasteiger charge is 2.44. The molecule has 0 aromatic carbocycles. The van der Waals surface area contributed by atoms with Gasteiger partial charge >= 0.3 is 5.97 Å². The summed E-state index contributed by atoms with van der Waals surface area (Å²) in [6.07, 6.45) is 1.06. The van der Waals surface area contributed by atoms with Crippen molar-refractivity contribution in [1.82, 2.24) is 10.2 Å². The molecule has 2 amide bonds. The molecule has 21 heavy (non-hydrogen) atoms. The standard InChI is InChI=1S/C15H26N2O4/c1-10(2)16-15(5,13(20)21)7-6-8-17-11(18)9-14(3,4)12(17)19/h10,16H,6-9H2,1-5H3,(H,20,21). The minimum absolute atomic E-state index is 0.0417. The van der Waals surface area contributed by atoms with E-state index in [0.717, 1.165) is 0 Å². The van der Waals surface area contributed by atoms with E-state index < -0.39 is 16.9 Å². The number of hydrogen-bond donors (Lipinski definition) is 2. The van der Waals surface area contributed by atoms with Crippen LogP contribution in [0.25, 0.3) is 0 Å². The van der Waals surface area contributed by atoms with Gasteiger partial charge in [-0.05, 0) is 33.6 Å². The minimum Gasteiger partial charge on any atom is -0.480 e. The highest BCUT2D eigenvalue weighted by Crippen LogP contribution is 2.31. The lowest BCUT2D eigenvalue weighted by atomic mass is 9.92. The molecule has 0 spiro atoms. The first-order valence-corrected chi connectivity index (χ1v) is 7.35. The first kappa shape index (κ1) is 17.6. The summed E-state index contributed by atoms with van der Waals surface area (Å²) >= 11 is 0. The van der Waals surface area contributed by atoms with Crippen molar-refractivity contribution in [2.75, 3.05) is 6.54 Å². The van der Waals surface area contributed by atoms with E-state index in [4.69, 9.17) is 0 Å². The molecule has 1 fully saturated rings. The lowest BCUT2D eigenvalue weighted by molar-refractivity contribution is -0.144. The van der Waals surface area contributed by atoms with Crippen molar-refractivity contribution in [3.05, 3.63) is 0 Å². The highest BCUT2D eigenvalue weighted by atomic mass is 16.4. The fourth-order valence-corrected chi connectivity index (χ4v) is 2.72. The Labute approximate surface area is 125 Å². The van der Waals surface area contributed by atoms with Crippen LogP contribution in [0.3, 0.4) is 0 Å². The van der Waals surface area contributed by atoms with Gasteiger partial charge in [0.15, 0.2) is 0 Å². The number of carboxylic acids is 1. The lowest BCUT2D eigenvalue weighted by Gasteiger charge is -2.29. The molecule has 1 aliphatic rings. The van der Waals surface area contributed by atoms with Crippen molar-refractivity contribution >= 4 is 17.8 Å². The van der Waals surface area contributed by atoms with Gasteiger partial charge in [0.2, 0.25) is 11.8 Å². The number of nitrogens with one attached hydrogen (secondary N) is 1. The predicted octanol–water partition coefficient (Wildman–Crippen LogP) is 1.39. The second-order valence-electron chi connectivity index (χ2n) is 6.95. The maximum Gasteiger partial charge on any atom is 0.323 e. The molecule has 6 heteroatoms. The van der Waals surface area contributed by atoms with Gasteiger partial charge in [-0.15, -0.1) is 0 Å². The Bertz CT molecular complexity index is 445. The zero-order valence-corrected chi connectivity index (χ0v) is 13.5. The molecule has 1 saturated heterocycles. The number of nitrogens with zero attached hydrogens (tertiary/aromatic N) is 1. The lowest BCUT2D eigenvalue weighted by Crippen LogP contribution is -2.52. The molecule has 1 aliphatic heterocycles. The molecule has 0 bridgehead atoms. The van der Waals surface area contributed by atoms with Crippen molar-refractivity contribution in [3.63, 3.8) is 0 Å². The van der Waals surface area contributed by atoms with Gasteiger partial charge in [-0.25, -0.2) is 0 Å². The summed E-state index contributed by atoms with van der Waals surface area (Å²) in [5.74, 6) is -1.25. The Morgan fingerprint density at radius 1 is 1.43 bits per heavy atom. The summed E-state index contributed by atoms with van der Waals surface area (Å²) in [7, 11) is 0. The Morgan fingerprint density at radius 2 is 2.00 bits per heavy atom. The molecule has 0 saturated carbocycles. The van der Waals surface area contributed by atoms with Crippen molar-refractivity contribution in [1.29, 1.82) is 0 Å². The van der Waals surface area contributed by atoms with E-state index in [9.17, 15) is 19.5 Å². The summed E-state index contributed by atoms with van der Waals surface area (Å²) in [5, 5.41) is 12.4. The molecule has 0 aromatic rings. The molecule has 0 aromatic heterocycles. The van der Waals surface area contributed by atoms with E-state index in [1.807, 2.05) is 13.8 Å². The van der Waals surface area contributed by atoms with Crippen LogP contribution in [0.1, 0.15) is 53.9 Å². The largest absolute Gasteiger partial charge is 0.480 e. The van der Waals surface area contributed by atoms with Crippen LogP contribution in [0.15, 0.2) is 0 Å². The van der Waals surface area contributed by atoms with Crippen molar-refractivity contribution in [2.24, 2.45) is 5.41 Å². The molecule has 1 rings (SSSR count). The number of imide groups is 1. The third-order valence-electron chi connectivity index (χ3n) is 3.86. The molecular formula is C15H26N2O4. The van der Waals surface area contributed by atoms with Gasteiger partial charge in [0, 0.05) is 19.0 Å². The number of carbonyl (C=O) groups excluding carboxylic acids is 2. The normalized spacial score (nSPS) is 21.0. The maximum absolute atomic E-state index is 12.1. The first-order chi connectivity index (χ1) is 9.49. The third-order valence-corrected chi connectivity index (χ3v) is 3.86. The van der Waals surface area contributed by atoms with E-state index in [0.29, 0.717) is 12.8 Å². The molecular weight excluding hydrogens is 272 g/mol. The Kier molecular flexibility index (Phi) is 5.15. The number of hydrogen-bond acceptors (Lipinski definition) is 4. The fraction of sp³-hybridized carbons (Fsp3) is 0.800.